The molecule has 13 heavy (non-hydrogen) atoms. The molecule has 0 aromatic rings. The normalized spacial score (nSPS) is 12.2. The van der Waals surface area contributed by atoms with Gasteiger partial charge in [0.1, 0.15) is 0 Å². The molecule has 9 heteroatoms. The van der Waals surface area contributed by atoms with E-state index in [9.17, 15) is 16.8 Å². The predicted octanol–water partition coefficient (Wildman–Crippen LogP) is -0.279. The Morgan fingerprint density at radius 3 is 1.31 bits per heavy atom. The van der Waals surface area contributed by atoms with Crippen molar-refractivity contribution in [2.45, 2.75) is 0 Å². The van der Waals surface area contributed by atoms with Gasteiger partial charge in [-0.25, -0.2) is 0 Å². The van der Waals surface area contributed by atoms with Gasteiger partial charge in [-0.2, -0.15) is 16.8 Å². The molecule has 0 bridgehead atoms. The highest BCUT2D eigenvalue weighted by Crippen LogP contribution is 2.11. The lowest BCUT2D eigenvalue weighted by Crippen LogP contribution is -2.09. The highest BCUT2D eigenvalue weighted by atomic mass is 32.2. The van der Waals surface area contributed by atoms with Crippen molar-refractivity contribution >= 4 is 20.2 Å². The van der Waals surface area contributed by atoms with Gasteiger partial charge in [-0.1, -0.05) is 0 Å². The minimum Gasteiger partial charge on any atom is -0.429 e. The summed E-state index contributed by atoms with van der Waals surface area (Å²) in [4.78, 5) is 0. The van der Waals surface area contributed by atoms with Gasteiger partial charge in [0.2, 0.25) is 10.2 Å². The third-order valence-electron chi connectivity index (χ3n) is 0.803. The van der Waals surface area contributed by atoms with E-state index in [2.05, 4.69) is 17.9 Å². The molecule has 0 radical (unpaired) electrons. The van der Waals surface area contributed by atoms with E-state index in [0.29, 0.717) is 0 Å². The van der Waals surface area contributed by atoms with E-state index in [1.807, 2.05) is 0 Å². The molecule has 0 saturated carbocycles. The van der Waals surface area contributed by atoms with Gasteiger partial charge in [0, 0.05) is 0 Å². The van der Waals surface area contributed by atoms with Crippen LogP contribution in [0.2, 0.25) is 0 Å². The van der Waals surface area contributed by atoms with E-state index in [-0.39, 0.29) is 0 Å². The molecule has 0 amide bonds. The molecule has 76 valence electrons. The Bertz CT molecular complexity index is 383. The fraction of sp³-hybridized carbons (Fsp3) is 0. The summed E-state index contributed by atoms with van der Waals surface area (Å²) >= 11 is 0. The van der Waals surface area contributed by atoms with Crippen LogP contribution in [0.25, 0.3) is 0 Å². The van der Waals surface area contributed by atoms with Crippen LogP contribution in [0.1, 0.15) is 0 Å². The minimum atomic E-state index is -4.71. The minimum absolute atomic E-state index is 1.24. The van der Waals surface area contributed by atoms with Crippen molar-refractivity contribution in [3.63, 3.8) is 0 Å². The maximum atomic E-state index is 10.2. The Kier molecular flexibility index (Phi) is 3.22. The van der Waals surface area contributed by atoms with Crippen LogP contribution in [-0.2, 0) is 25.0 Å². The lowest BCUT2D eigenvalue weighted by atomic mass is 11.0. The van der Waals surface area contributed by atoms with Gasteiger partial charge in [-0.05, 0) is 13.2 Å². The van der Waals surface area contributed by atoms with Crippen molar-refractivity contribution < 1.29 is 30.7 Å². The molecule has 0 atom stereocenters. The molecule has 0 aromatic carbocycles. The van der Waals surface area contributed by atoms with Crippen molar-refractivity contribution in [2.75, 3.05) is 0 Å². The zero-order valence-corrected chi connectivity index (χ0v) is 7.80. The van der Waals surface area contributed by atoms with Crippen molar-refractivity contribution in [2.24, 2.45) is 0 Å². The molecule has 0 fully saturated rings. The molecule has 7 nitrogen and oxygen atoms in total. The number of ether oxygens (including phenoxy) is 1. The molecule has 0 heterocycles. The van der Waals surface area contributed by atoms with Crippen LogP contribution < -0.4 is 0 Å². The SMILES string of the molecule is C=C(OC(=C)S(=O)(=O)O)S(=O)(=O)O. The number of rotatable bonds is 4. The molecule has 0 unspecified atom stereocenters. The fourth-order valence-electron chi connectivity index (χ4n) is 0.232. The molecule has 2 N–H and O–H groups in total. The average Bonchev–Trinajstić information content (AvgIpc) is 1.82. The second-order valence-corrected chi connectivity index (χ2v) is 4.61. The predicted molar refractivity (Wildman–Crippen MR) is 42.5 cm³/mol. The van der Waals surface area contributed by atoms with Gasteiger partial charge < -0.3 is 4.74 Å². The molecule has 0 aromatic heterocycles. The van der Waals surface area contributed by atoms with Crippen LogP contribution >= 0.6 is 0 Å². The monoisotopic (exact) mass is 230 g/mol. The molecule has 0 rings (SSSR count). The van der Waals surface area contributed by atoms with E-state index in [1.165, 1.54) is 0 Å². The van der Waals surface area contributed by atoms with Crippen LogP contribution in [0.5, 0.6) is 0 Å². The van der Waals surface area contributed by atoms with Gasteiger partial charge in [0.05, 0.1) is 0 Å². The quantitative estimate of drug-likeness (QED) is 0.503. The zero-order chi connectivity index (χ0) is 10.9. The molecule has 0 saturated heterocycles. The summed E-state index contributed by atoms with van der Waals surface area (Å²) in [5, 5.41) is -2.48. The Hall–Kier alpha value is -0.900. The third-order valence-corrected chi connectivity index (χ3v) is 2.12. The summed E-state index contributed by atoms with van der Waals surface area (Å²) < 4.78 is 61.2. The summed E-state index contributed by atoms with van der Waals surface area (Å²) in [6.45, 7) is 5.37. The summed E-state index contributed by atoms with van der Waals surface area (Å²) in [5.74, 6) is 0. The standard InChI is InChI=1S/C4H6O7S2/c1-3(12(5,6)7)11-4(2)13(8,9)10/h1-2H2,(H,5,6,7)(H,8,9,10). The Balaban J connectivity index is 4.72. The van der Waals surface area contributed by atoms with Gasteiger partial charge in [0.15, 0.2) is 0 Å². The Labute approximate surface area is 74.8 Å². The molecule has 0 spiro atoms. The van der Waals surface area contributed by atoms with Gasteiger partial charge in [-0.15, -0.1) is 0 Å². The maximum absolute atomic E-state index is 10.2. The molecule has 0 aliphatic carbocycles. The van der Waals surface area contributed by atoms with E-state index in [1.54, 1.807) is 0 Å². The summed E-state index contributed by atoms with van der Waals surface area (Å²) in [5.41, 5.74) is 0. The number of hydrogen-bond donors (Lipinski definition) is 2. The van der Waals surface area contributed by atoms with E-state index >= 15 is 0 Å². The first-order valence-corrected chi connectivity index (χ1v) is 5.44. The van der Waals surface area contributed by atoms with Crippen LogP contribution in [0.4, 0.5) is 0 Å². The van der Waals surface area contributed by atoms with Gasteiger partial charge in [-0.3, -0.25) is 9.11 Å². The average molecular weight is 230 g/mol. The van der Waals surface area contributed by atoms with Gasteiger partial charge >= 0.3 is 20.2 Å². The molecule has 0 aliphatic rings. The van der Waals surface area contributed by atoms with Crippen LogP contribution in [0.15, 0.2) is 23.3 Å². The molecule has 0 aliphatic heterocycles. The highest BCUT2D eigenvalue weighted by molar-refractivity contribution is 7.90. The first kappa shape index (κ1) is 12.1. The lowest BCUT2D eigenvalue weighted by Gasteiger charge is -2.04. The van der Waals surface area contributed by atoms with Crippen LogP contribution in [-0.4, -0.2) is 25.9 Å². The van der Waals surface area contributed by atoms with Crippen LogP contribution in [0.3, 0.4) is 0 Å². The molecular formula is C4H6O7S2. The zero-order valence-electron chi connectivity index (χ0n) is 6.17. The molecular weight excluding hydrogens is 224 g/mol. The largest absolute Gasteiger partial charge is 0.429 e. The van der Waals surface area contributed by atoms with E-state index in [0.717, 1.165) is 0 Å². The van der Waals surface area contributed by atoms with Gasteiger partial charge in [0.25, 0.3) is 0 Å². The van der Waals surface area contributed by atoms with E-state index in [4.69, 9.17) is 9.11 Å². The number of hydrogen-bond acceptors (Lipinski definition) is 5. The summed E-state index contributed by atoms with van der Waals surface area (Å²) in [6, 6.07) is 0. The maximum Gasteiger partial charge on any atom is 0.327 e. The van der Waals surface area contributed by atoms with Crippen molar-refractivity contribution in [1.82, 2.24) is 0 Å². The van der Waals surface area contributed by atoms with Crippen LogP contribution in [0, 0.1) is 0 Å². The third kappa shape index (κ3) is 4.03. The first-order valence-electron chi connectivity index (χ1n) is 2.56. The Morgan fingerprint density at radius 1 is 0.923 bits per heavy atom. The second kappa shape index (κ2) is 3.46. The van der Waals surface area contributed by atoms with Crippen molar-refractivity contribution in [3.8, 4) is 0 Å². The summed E-state index contributed by atoms with van der Waals surface area (Å²) in [7, 11) is -9.42. The Morgan fingerprint density at radius 2 is 1.15 bits per heavy atom. The summed E-state index contributed by atoms with van der Waals surface area (Å²) in [6.07, 6.45) is 0. The van der Waals surface area contributed by atoms with Crippen molar-refractivity contribution in [1.29, 1.82) is 0 Å². The topological polar surface area (TPSA) is 118 Å². The lowest BCUT2D eigenvalue weighted by molar-refractivity contribution is 0.333. The second-order valence-electron chi connectivity index (χ2n) is 1.80. The smallest absolute Gasteiger partial charge is 0.327 e. The van der Waals surface area contributed by atoms with Crippen molar-refractivity contribution in [3.05, 3.63) is 23.3 Å². The van der Waals surface area contributed by atoms with E-state index < -0.39 is 30.4 Å². The highest BCUT2D eigenvalue weighted by Gasteiger charge is 2.20. The fourth-order valence-corrected chi connectivity index (χ4v) is 0.697. The first-order chi connectivity index (χ1) is 5.55.